The first-order valence-electron chi connectivity index (χ1n) is 5.78. The molecule has 1 aliphatic heterocycles. The standard InChI is InChI=1S/C11H20N2O3/c1-8(4-5-12)10(14)13-6-2-3-9(7-13)11(15)16/h8-9H,2-7,12H2,1H3,(H,15,16)/t8?,9-/m0/s1. The number of hydrogen-bond donors (Lipinski definition) is 2. The van der Waals surface area contributed by atoms with Crippen LogP contribution in [0.15, 0.2) is 0 Å². The monoisotopic (exact) mass is 228 g/mol. The fourth-order valence-corrected chi connectivity index (χ4v) is 2.06. The Labute approximate surface area is 95.6 Å². The molecule has 0 aromatic heterocycles. The van der Waals surface area contributed by atoms with Crippen molar-refractivity contribution in [2.24, 2.45) is 17.6 Å². The number of nitrogens with two attached hydrogens (primary N) is 1. The third kappa shape index (κ3) is 3.20. The van der Waals surface area contributed by atoms with Crippen LogP contribution in [0.2, 0.25) is 0 Å². The Morgan fingerprint density at radius 1 is 1.56 bits per heavy atom. The molecule has 16 heavy (non-hydrogen) atoms. The van der Waals surface area contributed by atoms with Crippen LogP contribution < -0.4 is 5.73 Å². The zero-order valence-corrected chi connectivity index (χ0v) is 9.69. The third-order valence-electron chi connectivity index (χ3n) is 3.10. The van der Waals surface area contributed by atoms with E-state index in [-0.39, 0.29) is 11.8 Å². The quantitative estimate of drug-likeness (QED) is 0.724. The van der Waals surface area contributed by atoms with Crippen LogP contribution >= 0.6 is 0 Å². The zero-order chi connectivity index (χ0) is 12.1. The highest BCUT2D eigenvalue weighted by Crippen LogP contribution is 2.19. The molecule has 0 saturated carbocycles. The van der Waals surface area contributed by atoms with E-state index in [0.29, 0.717) is 32.5 Å². The second kappa shape index (κ2) is 5.84. The van der Waals surface area contributed by atoms with Crippen LogP contribution in [0.3, 0.4) is 0 Å². The number of carboxylic acids is 1. The van der Waals surface area contributed by atoms with E-state index in [9.17, 15) is 9.59 Å². The van der Waals surface area contributed by atoms with Crippen molar-refractivity contribution in [2.45, 2.75) is 26.2 Å². The Kier molecular flexibility index (Phi) is 4.73. The topological polar surface area (TPSA) is 83.6 Å². The second-order valence-electron chi connectivity index (χ2n) is 4.44. The molecule has 0 aromatic carbocycles. The number of amides is 1. The van der Waals surface area contributed by atoms with Crippen LogP contribution in [0.25, 0.3) is 0 Å². The molecule has 0 spiro atoms. The molecule has 0 bridgehead atoms. The van der Waals surface area contributed by atoms with E-state index in [0.717, 1.165) is 6.42 Å². The molecule has 1 amide bonds. The number of nitrogens with zero attached hydrogens (tertiary/aromatic N) is 1. The van der Waals surface area contributed by atoms with E-state index < -0.39 is 11.9 Å². The first-order chi connectivity index (χ1) is 7.56. The van der Waals surface area contributed by atoms with E-state index in [1.807, 2.05) is 6.92 Å². The van der Waals surface area contributed by atoms with Gasteiger partial charge in [0.25, 0.3) is 0 Å². The Balaban J connectivity index is 2.53. The summed E-state index contributed by atoms with van der Waals surface area (Å²) < 4.78 is 0. The van der Waals surface area contributed by atoms with Crippen LogP contribution in [0.5, 0.6) is 0 Å². The molecule has 0 radical (unpaired) electrons. The summed E-state index contributed by atoms with van der Waals surface area (Å²) in [4.78, 5) is 24.5. The lowest BCUT2D eigenvalue weighted by molar-refractivity contribution is -0.146. The van der Waals surface area contributed by atoms with Gasteiger partial charge in [-0.1, -0.05) is 6.92 Å². The van der Waals surface area contributed by atoms with Crippen molar-refractivity contribution in [1.82, 2.24) is 4.90 Å². The summed E-state index contributed by atoms with van der Waals surface area (Å²) in [5.41, 5.74) is 5.41. The largest absolute Gasteiger partial charge is 0.481 e. The first-order valence-corrected chi connectivity index (χ1v) is 5.78. The lowest BCUT2D eigenvalue weighted by Crippen LogP contribution is -2.44. The molecule has 1 fully saturated rings. The SMILES string of the molecule is CC(CCN)C(=O)N1CCC[C@H](C(=O)O)C1. The van der Waals surface area contributed by atoms with Crippen molar-refractivity contribution in [2.75, 3.05) is 19.6 Å². The van der Waals surface area contributed by atoms with Gasteiger partial charge < -0.3 is 15.7 Å². The zero-order valence-electron chi connectivity index (χ0n) is 9.69. The molecule has 2 atom stereocenters. The van der Waals surface area contributed by atoms with Crippen LogP contribution in [-0.2, 0) is 9.59 Å². The van der Waals surface area contributed by atoms with Crippen molar-refractivity contribution < 1.29 is 14.7 Å². The Morgan fingerprint density at radius 3 is 2.81 bits per heavy atom. The van der Waals surface area contributed by atoms with Gasteiger partial charge in [0.1, 0.15) is 0 Å². The first kappa shape index (κ1) is 13.0. The lowest BCUT2D eigenvalue weighted by atomic mass is 9.96. The minimum absolute atomic E-state index is 0.0383. The second-order valence-corrected chi connectivity index (χ2v) is 4.44. The maximum atomic E-state index is 11.9. The summed E-state index contributed by atoms with van der Waals surface area (Å²) >= 11 is 0. The average Bonchev–Trinajstić information content (AvgIpc) is 2.28. The summed E-state index contributed by atoms with van der Waals surface area (Å²) in [6, 6.07) is 0. The smallest absolute Gasteiger partial charge is 0.308 e. The predicted molar refractivity (Wildman–Crippen MR) is 59.8 cm³/mol. The minimum atomic E-state index is -0.802. The van der Waals surface area contributed by atoms with Crippen LogP contribution in [-0.4, -0.2) is 41.5 Å². The summed E-state index contributed by atoms with van der Waals surface area (Å²) in [5.74, 6) is -1.26. The van der Waals surface area contributed by atoms with Gasteiger partial charge in [0.15, 0.2) is 0 Å². The van der Waals surface area contributed by atoms with Crippen LogP contribution in [0, 0.1) is 11.8 Å². The highest BCUT2D eigenvalue weighted by molar-refractivity contribution is 5.79. The number of carboxylic acid groups (broad SMARTS) is 1. The number of carbonyl (C=O) groups is 2. The van der Waals surface area contributed by atoms with E-state index >= 15 is 0 Å². The summed E-state index contributed by atoms with van der Waals surface area (Å²) in [7, 11) is 0. The molecular formula is C11H20N2O3. The normalized spacial score (nSPS) is 22.9. The third-order valence-corrected chi connectivity index (χ3v) is 3.10. The van der Waals surface area contributed by atoms with Gasteiger partial charge in [-0.15, -0.1) is 0 Å². The van der Waals surface area contributed by atoms with Crippen LogP contribution in [0.1, 0.15) is 26.2 Å². The molecular weight excluding hydrogens is 208 g/mol. The number of carbonyl (C=O) groups excluding carboxylic acids is 1. The number of hydrogen-bond acceptors (Lipinski definition) is 3. The highest BCUT2D eigenvalue weighted by Gasteiger charge is 2.29. The van der Waals surface area contributed by atoms with Crippen molar-refractivity contribution in [3.8, 4) is 0 Å². The van der Waals surface area contributed by atoms with Gasteiger partial charge in [0, 0.05) is 19.0 Å². The Hall–Kier alpha value is -1.10. The van der Waals surface area contributed by atoms with E-state index in [1.165, 1.54) is 0 Å². The fourth-order valence-electron chi connectivity index (χ4n) is 2.06. The molecule has 1 rings (SSSR count). The molecule has 1 aliphatic rings. The molecule has 1 unspecified atom stereocenters. The molecule has 1 heterocycles. The summed E-state index contributed by atoms with van der Waals surface area (Å²) in [5, 5.41) is 8.92. The maximum Gasteiger partial charge on any atom is 0.308 e. The van der Waals surface area contributed by atoms with Crippen molar-refractivity contribution >= 4 is 11.9 Å². The van der Waals surface area contributed by atoms with Gasteiger partial charge >= 0.3 is 5.97 Å². The van der Waals surface area contributed by atoms with Crippen molar-refractivity contribution in [1.29, 1.82) is 0 Å². The number of likely N-dealkylation sites (tertiary alicyclic amines) is 1. The molecule has 92 valence electrons. The number of piperidine rings is 1. The summed E-state index contributed by atoms with van der Waals surface area (Å²) in [6.07, 6.45) is 2.11. The fraction of sp³-hybridized carbons (Fsp3) is 0.818. The molecule has 3 N–H and O–H groups in total. The lowest BCUT2D eigenvalue weighted by Gasteiger charge is -2.32. The van der Waals surface area contributed by atoms with Gasteiger partial charge in [0.2, 0.25) is 5.91 Å². The van der Waals surface area contributed by atoms with Gasteiger partial charge in [0.05, 0.1) is 5.92 Å². The Bertz CT molecular complexity index is 268. The average molecular weight is 228 g/mol. The molecule has 0 aromatic rings. The van der Waals surface area contributed by atoms with Crippen molar-refractivity contribution in [3.63, 3.8) is 0 Å². The van der Waals surface area contributed by atoms with Crippen LogP contribution in [0.4, 0.5) is 0 Å². The van der Waals surface area contributed by atoms with Gasteiger partial charge in [-0.25, -0.2) is 0 Å². The Morgan fingerprint density at radius 2 is 2.25 bits per heavy atom. The van der Waals surface area contributed by atoms with Gasteiger partial charge in [-0.2, -0.15) is 0 Å². The van der Waals surface area contributed by atoms with Crippen molar-refractivity contribution in [3.05, 3.63) is 0 Å². The minimum Gasteiger partial charge on any atom is -0.481 e. The van der Waals surface area contributed by atoms with Gasteiger partial charge in [-0.3, -0.25) is 9.59 Å². The molecule has 0 aliphatic carbocycles. The van der Waals surface area contributed by atoms with Gasteiger partial charge in [-0.05, 0) is 25.8 Å². The maximum absolute atomic E-state index is 11.9. The molecule has 1 saturated heterocycles. The van der Waals surface area contributed by atoms with E-state index in [2.05, 4.69) is 0 Å². The molecule has 5 heteroatoms. The highest BCUT2D eigenvalue weighted by atomic mass is 16.4. The number of aliphatic carboxylic acids is 1. The van der Waals surface area contributed by atoms with E-state index in [4.69, 9.17) is 10.8 Å². The predicted octanol–water partition coefficient (Wildman–Crippen LogP) is 0.295. The van der Waals surface area contributed by atoms with E-state index in [1.54, 1.807) is 4.90 Å². The summed E-state index contributed by atoms with van der Waals surface area (Å²) in [6.45, 7) is 3.36. The number of rotatable bonds is 4. The molecule has 5 nitrogen and oxygen atoms in total.